The van der Waals surface area contributed by atoms with Gasteiger partial charge in [-0.3, -0.25) is 15.6 Å². The van der Waals surface area contributed by atoms with Gasteiger partial charge in [0.25, 0.3) is 0 Å². The van der Waals surface area contributed by atoms with E-state index in [9.17, 15) is 9.90 Å². The number of aromatic hydroxyl groups is 1. The van der Waals surface area contributed by atoms with Gasteiger partial charge in [-0.2, -0.15) is 0 Å². The molecule has 0 aliphatic rings. The lowest BCUT2D eigenvalue weighted by atomic mass is 10.2. The van der Waals surface area contributed by atoms with Crippen LogP contribution in [0, 0.1) is 12.3 Å². The number of nitrogens with one attached hydrogen (secondary N) is 3. The molecule has 0 aliphatic heterocycles. The SMILES string of the molecule is CCNC(=N)NC(=O)N(C)c1c(C)ccc(O)c1Cl. The van der Waals surface area contributed by atoms with Gasteiger partial charge in [0.2, 0.25) is 0 Å². The fraction of sp³-hybridized carbons (Fsp3) is 0.333. The molecule has 104 valence electrons. The van der Waals surface area contributed by atoms with Gasteiger partial charge in [-0.15, -0.1) is 0 Å². The van der Waals surface area contributed by atoms with Crippen molar-refractivity contribution < 1.29 is 9.90 Å². The van der Waals surface area contributed by atoms with E-state index in [1.165, 1.54) is 18.0 Å². The van der Waals surface area contributed by atoms with Crippen LogP contribution in [0.2, 0.25) is 5.02 Å². The highest BCUT2D eigenvalue weighted by molar-refractivity contribution is 6.35. The predicted molar refractivity (Wildman–Crippen MR) is 76.2 cm³/mol. The molecule has 1 rings (SSSR count). The van der Waals surface area contributed by atoms with E-state index in [1.807, 2.05) is 6.92 Å². The van der Waals surface area contributed by atoms with Crippen molar-refractivity contribution >= 4 is 29.3 Å². The van der Waals surface area contributed by atoms with Crippen molar-refractivity contribution in [3.8, 4) is 5.75 Å². The second-order valence-corrected chi connectivity index (χ2v) is 4.34. The number of phenolic OH excluding ortho intramolecular Hbond substituents is 1. The summed E-state index contributed by atoms with van der Waals surface area (Å²) in [5, 5.41) is 22.2. The monoisotopic (exact) mass is 284 g/mol. The largest absolute Gasteiger partial charge is 0.506 e. The zero-order valence-electron chi connectivity index (χ0n) is 11.0. The summed E-state index contributed by atoms with van der Waals surface area (Å²) in [5.41, 5.74) is 1.15. The number of benzene rings is 1. The Labute approximate surface area is 116 Å². The second-order valence-electron chi connectivity index (χ2n) is 3.96. The molecule has 4 N–H and O–H groups in total. The molecular formula is C12H17ClN4O2. The fourth-order valence-corrected chi connectivity index (χ4v) is 1.91. The van der Waals surface area contributed by atoms with E-state index in [0.29, 0.717) is 12.2 Å². The van der Waals surface area contributed by atoms with Gasteiger partial charge in [0.15, 0.2) is 5.96 Å². The molecular weight excluding hydrogens is 268 g/mol. The molecule has 0 fully saturated rings. The molecule has 6 nitrogen and oxygen atoms in total. The zero-order valence-corrected chi connectivity index (χ0v) is 11.8. The van der Waals surface area contributed by atoms with Crippen molar-refractivity contribution in [2.24, 2.45) is 0 Å². The first kappa shape index (κ1) is 15.1. The molecule has 0 aliphatic carbocycles. The van der Waals surface area contributed by atoms with Crippen LogP contribution < -0.4 is 15.5 Å². The summed E-state index contributed by atoms with van der Waals surface area (Å²) in [7, 11) is 1.52. The lowest BCUT2D eigenvalue weighted by Crippen LogP contribution is -2.46. The average Bonchev–Trinajstić information content (AvgIpc) is 2.34. The second kappa shape index (κ2) is 6.29. The maximum atomic E-state index is 11.9. The van der Waals surface area contributed by atoms with E-state index >= 15 is 0 Å². The van der Waals surface area contributed by atoms with E-state index < -0.39 is 6.03 Å². The quantitative estimate of drug-likeness (QED) is 0.495. The number of nitrogens with zero attached hydrogens (tertiary/aromatic N) is 1. The highest BCUT2D eigenvalue weighted by atomic mass is 35.5. The van der Waals surface area contributed by atoms with Gasteiger partial charge < -0.3 is 10.4 Å². The van der Waals surface area contributed by atoms with Gasteiger partial charge in [-0.1, -0.05) is 17.7 Å². The summed E-state index contributed by atoms with van der Waals surface area (Å²) in [6.07, 6.45) is 0. The van der Waals surface area contributed by atoms with Crippen molar-refractivity contribution in [3.05, 3.63) is 22.7 Å². The lowest BCUT2D eigenvalue weighted by Gasteiger charge is -2.22. The van der Waals surface area contributed by atoms with E-state index in [4.69, 9.17) is 17.0 Å². The molecule has 0 saturated carbocycles. The number of guanidine groups is 1. The number of halogens is 1. The summed E-state index contributed by atoms with van der Waals surface area (Å²) in [6, 6.07) is 2.62. The van der Waals surface area contributed by atoms with Crippen LogP contribution in [-0.2, 0) is 0 Å². The summed E-state index contributed by atoms with van der Waals surface area (Å²) < 4.78 is 0. The van der Waals surface area contributed by atoms with Crippen LogP contribution in [0.3, 0.4) is 0 Å². The molecule has 19 heavy (non-hydrogen) atoms. The third-order valence-corrected chi connectivity index (χ3v) is 2.90. The Morgan fingerprint density at radius 1 is 1.53 bits per heavy atom. The summed E-state index contributed by atoms with van der Waals surface area (Å²) in [5.74, 6) is -0.183. The van der Waals surface area contributed by atoms with E-state index in [2.05, 4.69) is 10.6 Å². The molecule has 0 atom stereocenters. The number of anilines is 1. The van der Waals surface area contributed by atoms with Crippen LogP contribution >= 0.6 is 11.6 Å². The molecule has 0 aromatic heterocycles. The normalized spacial score (nSPS) is 9.89. The Kier molecular flexibility index (Phi) is 5.00. The minimum Gasteiger partial charge on any atom is -0.506 e. The molecule has 0 heterocycles. The van der Waals surface area contributed by atoms with Crippen LogP contribution in [0.4, 0.5) is 10.5 Å². The Balaban J connectivity index is 2.94. The first-order valence-corrected chi connectivity index (χ1v) is 6.11. The molecule has 0 unspecified atom stereocenters. The zero-order chi connectivity index (χ0) is 14.6. The molecule has 0 bridgehead atoms. The van der Waals surface area contributed by atoms with Crippen LogP contribution in [0.15, 0.2) is 12.1 Å². The molecule has 1 aromatic rings. The summed E-state index contributed by atoms with van der Waals surface area (Å²) >= 11 is 5.99. The Bertz CT molecular complexity index is 505. The number of aryl methyl sites for hydroxylation is 1. The Morgan fingerprint density at radius 2 is 2.16 bits per heavy atom. The van der Waals surface area contributed by atoms with Crippen LogP contribution in [-0.4, -0.2) is 30.7 Å². The average molecular weight is 285 g/mol. The van der Waals surface area contributed by atoms with E-state index in [0.717, 1.165) is 5.56 Å². The van der Waals surface area contributed by atoms with Crippen molar-refractivity contribution in [3.63, 3.8) is 0 Å². The van der Waals surface area contributed by atoms with Gasteiger partial charge >= 0.3 is 6.03 Å². The van der Waals surface area contributed by atoms with E-state index in [1.54, 1.807) is 13.0 Å². The Morgan fingerprint density at radius 3 is 2.74 bits per heavy atom. The van der Waals surface area contributed by atoms with E-state index in [-0.39, 0.29) is 16.7 Å². The number of hydrogen-bond donors (Lipinski definition) is 4. The minimum absolute atomic E-state index is 0.0896. The molecule has 7 heteroatoms. The molecule has 1 aromatic carbocycles. The maximum Gasteiger partial charge on any atom is 0.328 e. The van der Waals surface area contributed by atoms with Crippen molar-refractivity contribution in [1.82, 2.24) is 10.6 Å². The summed E-state index contributed by atoms with van der Waals surface area (Å²) in [4.78, 5) is 13.2. The first-order chi connectivity index (χ1) is 8.88. The van der Waals surface area contributed by atoms with Gasteiger partial charge in [-0.25, -0.2) is 4.79 Å². The predicted octanol–water partition coefficient (Wildman–Crippen LogP) is 2.04. The van der Waals surface area contributed by atoms with Crippen molar-refractivity contribution in [1.29, 1.82) is 5.41 Å². The van der Waals surface area contributed by atoms with Crippen LogP contribution in [0.1, 0.15) is 12.5 Å². The number of amides is 2. The molecule has 0 spiro atoms. The first-order valence-electron chi connectivity index (χ1n) is 5.73. The standard InChI is InChI=1S/C12H17ClN4O2/c1-4-15-11(14)16-12(19)17(3)10-7(2)5-6-8(18)9(10)13/h5-6,18H,4H2,1-3H3,(H3,14,15,16,19). The smallest absolute Gasteiger partial charge is 0.328 e. The molecule has 2 amide bonds. The number of carbonyl (C=O) groups is 1. The van der Waals surface area contributed by atoms with Crippen molar-refractivity contribution in [2.45, 2.75) is 13.8 Å². The molecule has 0 radical (unpaired) electrons. The Hall–Kier alpha value is -1.95. The van der Waals surface area contributed by atoms with Gasteiger partial charge in [0.05, 0.1) is 5.69 Å². The number of carbonyl (C=O) groups excluding carboxylic acids is 1. The number of hydrogen-bond acceptors (Lipinski definition) is 3. The van der Waals surface area contributed by atoms with Gasteiger partial charge in [0, 0.05) is 13.6 Å². The molecule has 0 saturated heterocycles. The number of phenols is 1. The van der Waals surface area contributed by atoms with Crippen LogP contribution in [0.5, 0.6) is 5.75 Å². The third kappa shape index (κ3) is 3.51. The van der Waals surface area contributed by atoms with Crippen molar-refractivity contribution in [2.75, 3.05) is 18.5 Å². The topological polar surface area (TPSA) is 88.5 Å². The maximum absolute atomic E-state index is 11.9. The number of urea groups is 1. The minimum atomic E-state index is -0.512. The summed E-state index contributed by atoms with van der Waals surface area (Å²) in [6.45, 7) is 4.13. The van der Waals surface area contributed by atoms with Crippen LogP contribution in [0.25, 0.3) is 0 Å². The highest BCUT2D eigenvalue weighted by Crippen LogP contribution is 2.35. The third-order valence-electron chi connectivity index (χ3n) is 2.52. The van der Waals surface area contributed by atoms with Gasteiger partial charge in [-0.05, 0) is 25.5 Å². The van der Waals surface area contributed by atoms with Gasteiger partial charge in [0.1, 0.15) is 10.8 Å². The fourth-order valence-electron chi connectivity index (χ4n) is 1.58. The lowest BCUT2D eigenvalue weighted by molar-refractivity contribution is 0.251. The highest BCUT2D eigenvalue weighted by Gasteiger charge is 2.19. The number of rotatable bonds is 2.